The normalized spacial score (nSPS) is 11.0. The first-order valence-electron chi connectivity index (χ1n) is 6.71. The van der Waals surface area contributed by atoms with Gasteiger partial charge in [-0.1, -0.05) is 11.6 Å². The van der Waals surface area contributed by atoms with Crippen molar-refractivity contribution in [3.63, 3.8) is 0 Å². The highest BCUT2D eigenvalue weighted by atomic mass is 35.5. The Morgan fingerprint density at radius 3 is 2.91 bits per heavy atom. The van der Waals surface area contributed by atoms with E-state index in [9.17, 15) is 4.79 Å². The maximum Gasteiger partial charge on any atom is 0.296 e. The standard InChI is InChI=1S/C14H15ClN4O3S/c1-4-22-12-10(15)5-9(6-11(12)21-3)7-16-19-13(20)8(2)17-18-14(19)23/h5-7H,4H2,1-3H3,(H,18,23)/b16-7-. The fraction of sp³-hybridized carbons (Fsp3) is 0.286. The topological polar surface area (TPSA) is 81.5 Å². The van der Waals surface area contributed by atoms with Gasteiger partial charge < -0.3 is 9.47 Å². The zero-order valence-electron chi connectivity index (χ0n) is 12.8. The van der Waals surface area contributed by atoms with Gasteiger partial charge in [0.15, 0.2) is 11.5 Å². The molecule has 0 saturated heterocycles. The molecule has 0 aliphatic carbocycles. The molecule has 0 aliphatic rings. The third kappa shape index (κ3) is 3.77. The van der Waals surface area contributed by atoms with Crippen molar-refractivity contribution < 1.29 is 9.47 Å². The predicted octanol–water partition coefficient (Wildman–Crippen LogP) is 2.55. The number of benzene rings is 1. The van der Waals surface area contributed by atoms with Crippen molar-refractivity contribution in [2.45, 2.75) is 13.8 Å². The number of nitrogens with zero attached hydrogens (tertiary/aromatic N) is 3. The van der Waals surface area contributed by atoms with Crippen molar-refractivity contribution in [1.29, 1.82) is 0 Å². The second kappa shape index (κ2) is 7.38. The Morgan fingerprint density at radius 1 is 1.52 bits per heavy atom. The first-order valence-corrected chi connectivity index (χ1v) is 7.49. The Hall–Kier alpha value is -2.19. The van der Waals surface area contributed by atoms with Gasteiger partial charge in [-0.15, -0.1) is 0 Å². The van der Waals surface area contributed by atoms with E-state index in [1.54, 1.807) is 19.1 Å². The second-order valence-electron chi connectivity index (χ2n) is 4.44. The van der Waals surface area contributed by atoms with Gasteiger partial charge in [0.25, 0.3) is 5.56 Å². The van der Waals surface area contributed by atoms with E-state index in [2.05, 4.69) is 15.3 Å². The Balaban J connectivity index is 2.45. The molecule has 0 atom stereocenters. The van der Waals surface area contributed by atoms with Crippen molar-refractivity contribution >= 4 is 30.0 Å². The molecule has 0 saturated carbocycles. The summed E-state index contributed by atoms with van der Waals surface area (Å²) in [6.07, 6.45) is 1.45. The molecule has 2 aromatic rings. The number of aromatic nitrogens is 3. The van der Waals surface area contributed by atoms with E-state index in [1.807, 2.05) is 6.92 Å². The van der Waals surface area contributed by atoms with Gasteiger partial charge >= 0.3 is 0 Å². The number of nitrogens with one attached hydrogen (secondary N) is 1. The summed E-state index contributed by atoms with van der Waals surface area (Å²) in [5.41, 5.74) is 0.498. The summed E-state index contributed by atoms with van der Waals surface area (Å²) >= 11 is 11.2. The predicted molar refractivity (Wildman–Crippen MR) is 90.6 cm³/mol. The Morgan fingerprint density at radius 2 is 2.26 bits per heavy atom. The Bertz CT molecular complexity index is 860. The van der Waals surface area contributed by atoms with Crippen LogP contribution in [-0.2, 0) is 0 Å². The highest BCUT2D eigenvalue weighted by Crippen LogP contribution is 2.35. The molecule has 122 valence electrons. The van der Waals surface area contributed by atoms with Gasteiger partial charge in [0, 0.05) is 0 Å². The SMILES string of the molecule is CCOc1c(Cl)cc(/C=N\n2c(=S)[nH]nc(C)c2=O)cc1OC. The lowest BCUT2D eigenvalue weighted by molar-refractivity contribution is 0.311. The van der Waals surface area contributed by atoms with Crippen LogP contribution in [0.1, 0.15) is 18.2 Å². The van der Waals surface area contributed by atoms with E-state index in [0.29, 0.717) is 28.7 Å². The number of methoxy groups -OCH3 is 1. The highest BCUT2D eigenvalue weighted by molar-refractivity contribution is 7.71. The lowest BCUT2D eigenvalue weighted by Crippen LogP contribution is -2.22. The maximum absolute atomic E-state index is 12.0. The zero-order chi connectivity index (χ0) is 17.0. The number of aromatic amines is 1. The van der Waals surface area contributed by atoms with Gasteiger partial charge in [-0.3, -0.25) is 9.89 Å². The summed E-state index contributed by atoms with van der Waals surface area (Å²) < 4.78 is 11.9. The molecule has 0 radical (unpaired) electrons. The summed E-state index contributed by atoms with van der Waals surface area (Å²) in [6, 6.07) is 3.36. The van der Waals surface area contributed by atoms with Crippen LogP contribution in [0.25, 0.3) is 0 Å². The number of halogens is 1. The zero-order valence-corrected chi connectivity index (χ0v) is 14.4. The van der Waals surface area contributed by atoms with E-state index >= 15 is 0 Å². The summed E-state index contributed by atoms with van der Waals surface area (Å²) in [6.45, 7) is 3.88. The molecule has 7 nitrogen and oxygen atoms in total. The van der Waals surface area contributed by atoms with Crippen LogP contribution in [0.4, 0.5) is 0 Å². The van der Waals surface area contributed by atoms with E-state index in [4.69, 9.17) is 33.3 Å². The van der Waals surface area contributed by atoms with Crippen LogP contribution in [-0.4, -0.2) is 34.8 Å². The third-order valence-electron chi connectivity index (χ3n) is 2.88. The summed E-state index contributed by atoms with van der Waals surface area (Å²) in [7, 11) is 1.52. The number of hydrogen-bond donors (Lipinski definition) is 1. The molecule has 0 spiro atoms. The van der Waals surface area contributed by atoms with E-state index in [-0.39, 0.29) is 10.5 Å². The van der Waals surface area contributed by atoms with Crippen LogP contribution in [0.15, 0.2) is 22.0 Å². The molecule has 23 heavy (non-hydrogen) atoms. The lowest BCUT2D eigenvalue weighted by atomic mass is 10.2. The average Bonchev–Trinajstić information content (AvgIpc) is 2.53. The molecule has 0 unspecified atom stereocenters. The molecule has 1 aromatic carbocycles. The Kier molecular flexibility index (Phi) is 5.51. The fourth-order valence-corrected chi connectivity index (χ4v) is 2.25. The average molecular weight is 355 g/mol. The lowest BCUT2D eigenvalue weighted by Gasteiger charge is -2.11. The smallest absolute Gasteiger partial charge is 0.296 e. The van der Waals surface area contributed by atoms with E-state index in [0.717, 1.165) is 4.68 Å². The fourth-order valence-electron chi connectivity index (χ4n) is 1.80. The summed E-state index contributed by atoms with van der Waals surface area (Å²) in [5, 5.41) is 10.8. The Labute approximate surface area is 142 Å². The van der Waals surface area contributed by atoms with Crippen LogP contribution >= 0.6 is 23.8 Å². The minimum Gasteiger partial charge on any atom is -0.493 e. The van der Waals surface area contributed by atoms with Crippen molar-refractivity contribution in [3.8, 4) is 11.5 Å². The first-order chi connectivity index (χ1) is 11.0. The van der Waals surface area contributed by atoms with Gasteiger partial charge in [0.1, 0.15) is 5.69 Å². The number of hydrogen-bond acceptors (Lipinski definition) is 6. The van der Waals surface area contributed by atoms with Gasteiger partial charge in [-0.25, -0.2) is 0 Å². The quantitative estimate of drug-likeness (QED) is 0.659. The van der Waals surface area contributed by atoms with Crippen LogP contribution in [0, 0.1) is 11.7 Å². The number of H-pyrrole nitrogens is 1. The summed E-state index contributed by atoms with van der Waals surface area (Å²) in [5.74, 6) is 0.937. The number of rotatable bonds is 5. The van der Waals surface area contributed by atoms with Crippen LogP contribution in [0.5, 0.6) is 11.5 Å². The molecule has 0 amide bonds. The molecular weight excluding hydrogens is 340 g/mol. The van der Waals surface area contributed by atoms with Crippen LogP contribution < -0.4 is 15.0 Å². The molecule has 2 rings (SSSR count). The first kappa shape index (κ1) is 17.2. The molecule has 0 bridgehead atoms. The number of aryl methyl sites for hydroxylation is 1. The van der Waals surface area contributed by atoms with Gasteiger partial charge in [0.2, 0.25) is 4.77 Å². The molecule has 0 aliphatic heterocycles. The molecule has 1 N–H and O–H groups in total. The van der Waals surface area contributed by atoms with Crippen molar-refractivity contribution in [2.24, 2.45) is 5.10 Å². The monoisotopic (exact) mass is 354 g/mol. The third-order valence-corrected chi connectivity index (χ3v) is 3.42. The van der Waals surface area contributed by atoms with Crippen molar-refractivity contribution in [2.75, 3.05) is 13.7 Å². The molecule has 1 heterocycles. The largest absolute Gasteiger partial charge is 0.493 e. The van der Waals surface area contributed by atoms with Crippen molar-refractivity contribution in [3.05, 3.63) is 43.5 Å². The highest BCUT2D eigenvalue weighted by Gasteiger charge is 2.11. The minimum absolute atomic E-state index is 0.0980. The molecular formula is C14H15ClN4O3S. The van der Waals surface area contributed by atoms with Crippen LogP contribution in [0.2, 0.25) is 5.02 Å². The number of ether oxygens (including phenoxy) is 2. The summed E-state index contributed by atoms with van der Waals surface area (Å²) in [4.78, 5) is 12.0. The van der Waals surface area contributed by atoms with Gasteiger partial charge in [0.05, 0.1) is 25.0 Å². The van der Waals surface area contributed by atoms with E-state index in [1.165, 1.54) is 13.3 Å². The molecule has 0 fully saturated rings. The molecule has 1 aromatic heterocycles. The molecule has 9 heteroatoms. The van der Waals surface area contributed by atoms with E-state index < -0.39 is 5.56 Å². The van der Waals surface area contributed by atoms with Crippen molar-refractivity contribution in [1.82, 2.24) is 14.9 Å². The second-order valence-corrected chi connectivity index (χ2v) is 5.24. The van der Waals surface area contributed by atoms with Crippen LogP contribution in [0.3, 0.4) is 0 Å². The van der Waals surface area contributed by atoms with Gasteiger partial charge in [-0.2, -0.15) is 14.9 Å². The minimum atomic E-state index is -0.394. The van der Waals surface area contributed by atoms with Gasteiger partial charge in [-0.05, 0) is 43.8 Å². The maximum atomic E-state index is 12.0.